The number of hydrogen-bond donors (Lipinski definition) is 0. The van der Waals surface area contributed by atoms with Crippen molar-refractivity contribution in [1.29, 1.82) is 0 Å². The van der Waals surface area contributed by atoms with Crippen molar-refractivity contribution in [2.24, 2.45) is 0 Å². The lowest BCUT2D eigenvalue weighted by molar-refractivity contribution is -0.115. The Morgan fingerprint density at radius 2 is 2.25 bits per heavy atom. The smallest absolute Gasteiger partial charge is 0.162 e. The number of carbonyl (C=O) groups excluding carboxylic acids is 1. The van der Waals surface area contributed by atoms with Crippen LogP contribution in [0.5, 0.6) is 0 Å². The highest BCUT2D eigenvalue weighted by molar-refractivity contribution is 6.30. The summed E-state index contributed by atoms with van der Waals surface area (Å²) in [6.07, 6.45) is 5.23. The minimum atomic E-state index is -0.446. The fourth-order valence-electron chi connectivity index (χ4n) is 1.87. The standard InChI is InChI=1S/C13H12ClFO/c14-11-7-9(5-6-12(11)15)8-13(16)10-3-1-2-4-10/h3,5-7H,1-2,4,8H2. The van der Waals surface area contributed by atoms with Crippen LogP contribution in [-0.4, -0.2) is 5.78 Å². The van der Waals surface area contributed by atoms with Crippen molar-refractivity contribution >= 4 is 17.4 Å². The average Bonchev–Trinajstić information content (AvgIpc) is 2.77. The molecule has 0 aromatic heterocycles. The minimum Gasteiger partial charge on any atom is -0.294 e. The van der Waals surface area contributed by atoms with E-state index >= 15 is 0 Å². The summed E-state index contributed by atoms with van der Waals surface area (Å²) in [7, 11) is 0. The summed E-state index contributed by atoms with van der Waals surface area (Å²) in [5.41, 5.74) is 1.67. The van der Waals surface area contributed by atoms with Gasteiger partial charge in [0.25, 0.3) is 0 Å². The van der Waals surface area contributed by atoms with Crippen LogP contribution >= 0.6 is 11.6 Å². The molecular weight excluding hydrogens is 227 g/mol. The van der Waals surface area contributed by atoms with Gasteiger partial charge in [0.15, 0.2) is 5.78 Å². The van der Waals surface area contributed by atoms with Gasteiger partial charge in [-0.2, -0.15) is 0 Å². The Hall–Kier alpha value is -1.15. The second kappa shape index (κ2) is 4.79. The zero-order valence-corrected chi connectivity index (χ0v) is 9.56. The summed E-state index contributed by atoms with van der Waals surface area (Å²) in [5.74, 6) is -0.321. The predicted molar refractivity (Wildman–Crippen MR) is 62.1 cm³/mol. The zero-order chi connectivity index (χ0) is 11.5. The van der Waals surface area contributed by atoms with Gasteiger partial charge in [0.2, 0.25) is 0 Å². The monoisotopic (exact) mass is 238 g/mol. The normalized spacial score (nSPS) is 15.0. The van der Waals surface area contributed by atoms with E-state index in [1.807, 2.05) is 6.08 Å². The maximum Gasteiger partial charge on any atom is 0.162 e. The SMILES string of the molecule is O=C(Cc1ccc(F)c(Cl)c1)C1=CCCC1. The first-order chi connectivity index (χ1) is 7.66. The molecule has 1 aliphatic carbocycles. The third-order valence-corrected chi connectivity index (χ3v) is 3.04. The van der Waals surface area contributed by atoms with Gasteiger partial charge in [0.1, 0.15) is 5.82 Å². The summed E-state index contributed by atoms with van der Waals surface area (Å²) >= 11 is 5.66. The van der Waals surface area contributed by atoms with E-state index in [4.69, 9.17) is 11.6 Å². The van der Waals surface area contributed by atoms with Gasteiger partial charge in [-0.25, -0.2) is 4.39 Å². The molecule has 0 saturated heterocycles. The summed E-state index contributed by atoms with van der Waals surface area (Å²) < 4.78 is 12.9. The highest BCUT2D eigenvalue weighted by atomic mass is 35.5. The summed E-state index contributed by atoms with van der Waals surface area (Å²) in [5, 5.41) is 0.0747. The quantitative estimate of drug-likeness (QED) is 0.785. The van der Waals surface area contributed by atoms with Crippen LogP contribution in [0.3, 0.4) is 0 Å². The van der Waals surface area contributed by atoms with Crippen molar-refractivity contribution in [3.63, 3.8) is 0 Å². The Morgan fingerprint density at radius 1 is 1.44 bits per heavy atom. The number of allylic oxidation sites excluding steroid dienone is 2. The largest absolute Gasteiger partial charge is 0.294 e. The number of rotatable bonds is 3. The van der Waals surface area contributed by atoms with Gasteiger partial charge in [0.05, 0.1) is 5.02 Å². The van der Waals surface area contributed by atoms with Crippen LogP contribution < -0.4 is 0 Å². The minimum absolute atomic E-state index is 0.0747. The zero-order valence-electron chi connectivity index (χ0n) is 8.80. The average molecular weight is 239 g/mol. The highest BCUT2D eigenvalue weighted by Gasteiger charge is 2.14. The molecule has 1 aliphatic rings. The molecule has 84 valence electrons. The van der Waals surface area contributed by atoms with Crippen LogP contribution in [-0.2, 0) is 11.2 Å². The van der Waals surface area contributed by atoms with E-state index in [2.05, 4.69) is 0 Å². The second-order valence-electron chi connectivity index (χ2n) is 3.97. The molecule has 0 radical (unpaired) electrons. The predicted octanol–water partition coefficient (Wildman–Crippen LogP) is 3.70. The van der Waals surface area contributed by atoms with Gasteiger partial charge < -0.3 is 0 Å². The molecule has 0 atom stereocenters. The molecule has 0 N–H and O–H groups in total. The van der Waals surface area contributed by atoms with Crippen LogP contribution in [0.25, 0.3) is 0 Å². The molecule has 1 aromatic rings. The lowest BCUT2D eigenvalue weighted by atomic mass is 10.0. The highest BCUT2D eigenvalue weighted by Crippen LogP contribution is 2.21. The molecule has 0 saturated carbocycles. The van der Waals surface area contributed by atoms with E-state index in [0.717, 1.165) is 30.4 Å². The van der Waals surface area contributed by atoms with E-state index < -0.39 is 5.82 Å². The molecule has 0 heterocycles. The fraction of sp³-hybridized carbons (Fsp3) is 0.308. The molecule has 16 heavy (non-hydrogen) atoms. The van der Waals surface area contributed by atoms with Crippen LogP contribution in [0, 0.1) is 5.82 Å². The molecule has 1 nitrogen and oxygen atoms in total. The number of ketones is 1. The van der Waals surface area contributed by atoms with Crippen molar-refractivity contribution in [2.45, 2.75) is 25.7 Å². The van der Waals surface area contributed by atoms with Gasteiger partial charge in [-0.1, -0.05) is 23.7 Å². The maximum atomic E-state index is 12.9. The first kappa shape index (κ1) is 11.3. The Bertz CT molecular complexity index is 451. The number of halogens is 2. The molecule has 0 spiro atoms. The molecule has 3 heteroatoms. The fourth-order valence-corrected chi connectivity index (χ4v) is 2.08. The maximum absolute atomic E-state index is 12.9. The summed E-state index contributed by atoms with van der Waals surface area (Å²) in [4.78, 5) is 11.8. The number of Topliss-reactive ketones (excluding diaryl/α,β-unsaturated/α-hetero) is 1. The van der Waals surface area contributed by atoms with Gasteiger partial charge in [0, 0.05) is 6.42 Å². The van der Waals surface area contributed by atoms with Gasteiger partial charge >= 0.3 is 0 Å². The summed E-state index contributed by atoms with van der Waals surface area (Å²) in [6, 6.07) is 4.42. The van der Waals surface area contributed by atoms with Crippen LogP contribution in [0.15, 0.2) is 29.8 Å². The van der Waals surface area contributed by atoms with Crippen LogP contribution in [0.2, 0.25) is 5.02 Å². The van der Waals surface area contributed by atoms with Crippen LogP contribution in [0.1, 0.15) is 24.8 Å². The van der Waals surface area contributed by atoms with E-state index in [1.54, 1.807) is 6.07 Å². The molecule has 1 aromatic carbocycles. The Balaban J connectivity index is 2.08. The Labute approximate surface area is 98.9 Å². The first-order valence-electron chi connectivity index (χ1n) is 5.33. The molecule has 0 bridgehead atoms. The molecule has 0 fully saturated rings. The van der Waals surface area contributed by atoms with Crippen molar-refractivity contribution in [1.82, 2.24) is 0 Å². The molecule has 2 rings (SSSR count). The Morgan fingerprint density at radius 3 is 2.88 bits per heavy atom. The number of carbonyl (C=O) groups is 1. The van der Waals surface area contributed by atoms with E-state index in [-0.39, 0.29) is 10.8 Å². The third-order valence-electron chi connectivity index (χ3n) is 2.75. The van der Waals surface area contributed by atoms with Gasteiger partial charge in [-0.15, -0.1) is 0 Å². The summed E-state index contributed by atoms with van der Waals surface area (Å²) in [6.45, 7) is 0. The number of hydrogen-bond acceptors (Lipinski definition) is 1. The molecule has 0 amide bonds. The van der Waals surface area contributed by atoms with Crippen molar-refractivity contribution in [3.8, 4) is 0 Å². The number of benzene rings is 1. The van der Waals surface area contributed by atoms with Crippen molar-refractivity contribution in [2.75, 3.05) is 0 Å². The van der Waals surface area contributed by atoms with Crippen LogP contribution in [0.4, 0.5) is 4.39 Å². The molecular formula is C13H12ClFO. The van der Waals surface area contributed by atoms with Gasteiger partial charge in [-0.05, 0) is 42.5 Å². The third kappa shape index (κ3) is 2.50. The van der Waals surface area contributed by atoms with E-state index in [0.29, 0.717) is 6.42 Å². The lowest BCUT2D eigenvalue weighted by Gasteiger charge is -2.03. The second-order valence-corrected chi connectivity index (χ2v) is 4.38. The van der Waals surface area contributed by atoms with E-state index in [9.17, 15) is 9.18 Å². The van der Waals surface area contributed by atoms with Crippen molar-refractivity contribution < 1.29 is 9.18 Å². The first-order valence-corrected chi connectivity index (χ1v) is 5.71. The lowest BCUT2D eigenvalue weighted by Crippen LogP contribution is -2.04. The van der Waals surface area contributed by atoms with Crippen molar-refractivity contribution in [3.05, 3.63) is 46.3 Å². The Kier molecular flexibility index (Phi) is 3.39. The topological polar surface area (TPSA) is 17.1 Å². The van der Waals surface area contributed by atoms with Gasteiger partial charge in [-0.3, -0.25) is 4.79 Å². The molecule has 0 aliphatic heterocycles. The molecule has 0 unspecified atom stereocenters. The van der Waals surface area contributed by atoms with E-state index in [1.165, 1.54) is 12.1 Å².